The Hall–Kier alpha value is -0.0900. The second kappa shape index (κ2) is 6.19. The van der Waals surface area contributed by atoms with Crippen LogP contribution in [0.5, 0.6) is 0 Å². The minimum absolute atomic E-state index is 0.191. The summed E-state index contributed by atoms with van der Waals surface area (Å²) in [5.74, 6) is 0.651. The Morgan fingerprint density at radius 3 is 2.53 bits per heavy atom. The van der Waals surface area contributed by atoms with E-state index in [-0.39, 0.29) is 5.54 Å². The molecule has 1 N–H and O–H groups in total. The molecule has 2 unspecified atom stereocenters. The molecule has 2 atom stereocenters. The van der Waals surface area contributed by atoms with Crippen LogP contribution in [-0.2, 0) is 9.84 Å². The van der Waals surface area contributed by atoms with Gasteiger partial charge in [0.15, 0.2) is 9.84 Å². The average Bonchev–Trinajstić information content (AvgIpc) is 2.47. The van der Waals surface area contributed by atoms with Crippen molar-refractivity contribution in [2.75, 3.05) is 11.5 Å². The number of hydrogen-bond acceptors (Lipinski definition) is 3. The van der Waals surface area contributed by atoms with Crippen LogP contribution in [0.3, 0.4) is 0 Å². The Balaban J connectivity index is 2.28. The van der Waals surface area contributed by atoms with Gasteiger partial charge in [-0.25, -0.2) is 8.42 Å². The summed E-state index contributed by atoms with van der Waals surface area (Å²) in [6.07, 6.45) is 7.00. The zero-order valence-corrected chi connectivity index (χ0v) is 12.3. The van der Waals surface area contributed by atoms with Crippen molar-refractivity contribution in [2.24, 2.45) is 0 Å². The van der Waals surface area contributed by atoms with Gasteiger partial charge in [0.25, 0.3) is 0 Å². The lowest BCUT2D eigenvalue weighted by atomic mass is 9.99. The molecular weight excluding hydrogens is 234 g/mol. The van der Waals surface area contributed by atoms with Crippen LogP contribution in [0.2, 0.25) is 0 Å². The van der Waals surface area contributed by atoms with Crippen molar-refractivity contribution >= 4 is 9.84 Å². The first-order valence-electron chi connectivity index (χ1n) is 6.85. The van der Waals surface area contributed by atoms with Crippen molar-refractivity contribution in [3.8, 4) is 0 Å². The lowest BCUT2D eigenvalue weighted by Crippen LogP contribution is -2.48. The standard InChI is InChI=1S/C13H27NO2S/c1-4-5-6-7-8-12(2)14-13(3)9-10-17(15,16)11-13/h12,14H,4-11H2,1-3H3. The third kappa shape index (κ3) is 5.38. The lowest BCUT2D eigenvalue weighted by molar-refractivity contribution is 0.334. The van der Waals surface area contributed by atoms with Crippen LogP contribution >= 0.6 is 0 Å². The van der Waals surface area contributed by atoms with Crippen molar-refractivity contribution < 1.29 is 8.42 Å². The number of nitrogens with one attached hydrogen (secondary N) is 1. The number of sulfone groups is 1. The van der Waals surface area contributed by atoms with Gasteiger partial charge in [-0.1, -0.05) is 32.6 Å². The zero-order valence-electron chi connectivity index (χ0n) is 11.5. The molecule has 1 fully saturated rings. The second-order valence-corrected chi connectivity index (χ2v) is 7.98. The van der Waals surface area contributed by atoms with Gasteiger partial charge in [-0.2, -0.15) is 0 Å². The molecule has 1 aliphatic heterocycles. The van der Waals surface area contributed by atoms with Crippen molar-refractivity contribution in [1.29, 1.82) is 0 Å². The summed E-state index contributed by atoms with van der Waals surface area (Å²) in [6.45, 7) is 6.42. The summed E-state index contributed by atoms with van der Waals surface area (Å²) in [4.78, 5) is 0. The fraction of sp³-hybridized carbons (Fsp3) is 1.00. The van der Waals surface area contributed by atoms with Crippen molar-refractivity contribution in [3.63, 3.8) is 0 Å². The Labute approximate surface area is 106 Å². The number of hydrogen-bond donors (Lipinski definition) is 1. The van der Waals surface area contributed by atoms with Gasteiger partial charge in [0.2, 0.25) is 0 Å². The molecule has 0 saturated carbocycles. The van der Waals surface area contributed by atoms with Crippen LogP contribution < -0.4 is 5.32 Å². The molecule has 0 aromatic rings. The SMILES string of the molecule is CCCCCCC(C)NC1(C)CCS(=O)(=O)C1. The molecule has 0 bridgehead atoms. The number of rotatable bonds is 7. The van der Waals surface area contributed by atoms with Gasteiger partial charge < -0.3 is 5.32 Å². The first kappa shape index (κ1) is 15.0. The van der Waals surface area contributed by atoms with Gasteiger partial charge in [-0.05, 0) is 26.7 Å². The molecule has 0 aromatic heterocycles. The molecule has 0 radical (unpaired) electrons. The van der Waals surface area contributed by atoms with E-state index in [1.165, 1.54) is 25.7 Å². The highest BCUT2D eigenvalue weighted by atomic mass is 32.2. The Morgan fingerprint density at radius 2 is 2.00 bits per heavy atom. The van der Waals surface area contributed by atoms with E-state index in [1.807, 2.05) is 6.92 Å². The maximum atomic E-state index is 11.5. The monoisotopic (exact) mass is 261 g/mol. The smallest absolute Gasteiger partial charge is 0.152 e. The summed E-state index contributed by atoms with van der Waals surface area (Å²) in [5.41, 5.74) is -0.191. The molecule has 17 heavy (non-hydrogen) atoms. The summed E-state index contributed by atoms with van der Waals surface area (Å²) in [5, 5.41) is 3.51. The molecule has 1 saturated heterocycles. The molecule has 4 heteroatoms. The first-order valence-corrected chi connectivity index (χ1v) is 8.67. The molecule has 1 aliphatic rings. The van der Waals surface area contributed by atoms with Gasteiger partial charge in [-0.15, -0.1) is 0 Å². The highest BCUT2D eigenvalue weighted by Gasteiger charge is 2.38. The third-order valence-electron chi connectivity index (χ3n) is 3.59. The maximum absolute atomic E-state index is 11.5. The average molecular weight is 261 g/mol. The first-order chi connectivity index (χ1) is 7.87. The van der Waals surface area contributed by atoms with E-state index in [1.54, 1.807) is 0 Å². The predicted molar refractivity (Wildman–Crippen MR) is 73.0 cm³/mol. The maximum Gasteiger partial charge on any atom is 0.152 e. The molecule has 1 heterocycles. The van der Waals surface area contributed by atoms with Crippen molar-refractivity contribution in [2.45, 2.75) is 70.9 Å². The largest absolute Gasteiger partial charge is 0.308 e. The fourth-order valence-electron chi connectivity index (χ4n) is 2.67. The predicted octanol–water partition coefficient (Wildman–Crippen LogP) is 2.51. The highest BCUT2D eigenvalue weighted by molar-refractivity contribution is 7.91. The third-order valence-corrected chi connectivity index (χ3v) is 5.49. The van der Waals surface area contributed by atoms with Crippen LogP contribution in [0.1, 0.15) is 59.3 Å². The zero-order chi connectivity index (χ0) is 12.9. The van der Waals surface area contributed by atoms with Gasteiger partial charge in [0.1, 0.15) is 0 Å². The van der Waals surface area contributed by atoms with Gasteiger partial charge >= 0.3 is 0 Å². The Kier molecular flexibility index (Phi) is 5.45. The summed E-state index contributed by atoms with van der Waals surface area (Å²) in [7, 11) is -2.79. The molecule has 0 spiro atoms. The van der Waals surface area contributed by atoms with Gasteiger partial charge in [0, 0.05) is 11.6 Å². The molecule has 1 rings (SSSR count). The quantitative estimate of drug-likeness (QED) is 0.716. The summed E-state index contributed by atoms with van der Waals surface area (Å²) in [6, 6.07) is 0.421. The second-order valence-electron chi connectivity index (χ2n) is 5.80. The molecule has 0 aromatic carbocycles. The molecule has 0 aliphatic carbocycles. The van der Waals surface area contributed by atoms with E-state index in [4.69, 9.17) is 0 Å². The molecule has 102 valence electrons. The van der Waals surface area contributed by atoms with Crippen molar-refractivity contribution in [1.82, 2.24) is 5.32 Å². The van der Waals surface area contributed by atoms with Crippen LogP contribution in [0.25, 0.3) is 0 Å². The Bertz CT molecular complexity index is 326. The van der Waals surface area contributed by atoms with Crippen molar-refractivity contribution in [3.05, 3.63) is 0 Å². The Morgan fingerprint density at radius 1 is 1.29 bits per heavy atom. The molecule has 3 nitrogen and oxygen atoms in total. The van der Waals surface area contributed by atoms with Crippen LogP contribution in [-0.4, -0.2) is 31.5 Å². The topological polar surface area (TPSA) is 46.2 Å². The van der Waals surface area contributed by atoms with E-state index in [2.05, 4.69) is 19.2 Å². The minimum Gasteiger partial charge on any atom is -0.308 e. The summed E-state index contributed by atoms with van der Waals surface area (Å²) < 4.78 is 23.0. The molecule has 0 amide bonds. The highest BCUT2D eigenvalue weighted by Crippen LogP contribution is 2.24. The fourth-order valence-corrected chi connectivity index (χ4v) is 4.77. The van der Waals surface area contributed by atoms with Crippen LogP contribution in [0, 0.1) is 0 Å². The van der Waals surface area contributed by atoms with E-state index in [0.717, 1.165) is 12.8 Å². The van der Waals surface area contributed by atoms with E-state index in [0.29, 0.717) is 17.5 Å². The van der Waals surface area contributed by atoms with E-state index >= 15 is 0 Å². The normalized spacial score (nSPS) is 29.4. The van der Waals surface area contributed by atoms with Crippen LogP contribution in [0.15, 0.2) is 0 Å². The number of unbranched alkanes of at least 4 members (excludes halogenated alkanes) is 3. The molecular formula is C13H27NO2S. The van der Waals surface area contributed by atoms with E-state index in [9.17, 15) is 8.42 Å². The van der Waals surface area contributed by atoms with Crippen LogP contribution in [0.4, 0.5) is 0 Å². The van der Waals surface area contributed by atoms with Gasteiger partial charge in [-0.3, -0.25) is 0 Å². The van der Waals surface area contributed by atoms with E-state index < -0.39 is 9.84 Å². The summed E-state index contributed by atoms with van der Waals surface area (Å²) >= 11 is 0. The lowest BCUT2D eigenvalue weighted by Gasteiger charge is -2.28. The van der Waals surface area contributed by atoms with Gasteiger partial charge in [0.05, 0.1) is 11.5 Å². The minimum atomic E-state index is -2.79.